The maximum Gasteiger partial charge on any atom is 0.274 e. The number of carbonyl (C=O) groups is 1. The number of hydrogen-bond donors (Lipinski definition) is 2. The summed E-state index contributed by atoms with van der Waals surface area (Å²) in [7, 11) is -2.03. The van der Waals surface area contributed by atoms with Crippen molar-refractivity contribution in [3.63, 3.8) is 0 Å². The molecule has 0 radical (unpaired) electrons. The summed E-state index contributed by atoms with van der Waals surface area (Å²) in [6, 6.07) is 1.12. The van der Waals surface area contributed by atoms with Gasteiger partial charge in [0, 0.05) is 25.7 Å². The Bertz CT molecular complexity index is 855. The van der Waals surface area contributed by atoms with Crippen LogP contribution in [0.4, 0.5) is 5.13 Å². The van der Waals surface area contributed by atoms with Crippen LogP contribution in [0.25, 0.3) is 0 Å². The topological polar surface area (TPSA) is 106 Å². The van der Waals surface area contributed by atoms with Gasteiger partial charge in [-0.1, -0.05) is 31.1 Å². The van der Waals surface area contributed by atoms with Crippen molar-refractivity contribution >= 4 is 32.4 Å². The number of anilines is 1. The molecule has 10 heteroatoms. The van der Waals surface area contributed by atoms with Gasteiger partial charge in [0.1, 0.15) is 15.6 Å². The van der Waals surface area contributed by atoms with E-state index in [2.05, 4.69) is 27.2 Å². The molecule has 0 unspecified atom stereocenters. The molecule has 2 aromatic heterocycles. The van der Waals surface area contributed by atoms with Gasteiger partial charge in [-0.2, -0.15) is 0 Å². The highest BCUT2D eigenvalue weighted by atomic mass is 32.2. The third-order valence-electron chi connectivity index (χ3n) is 3.60. The van der Waals surface area contributed by atoms with Crippen LogP contribution < -0.4 is 10.0 Å². The van der Waals surface area contributed by atoms with E-state index in [-0.39, 0.29) is 16.6 Å². The molecule has 0 aliphatic heterocycles. The minimum absolute atomic E-state index is 0.0522. The lowest BCUT2D eigenvalue weighted by Gasteiger charge is -2.07. The van der Waals surface area contributed by atoms with E-state index in [1.807, 2.05) is 0 Å². The number of carbonyl (C=O) groups excluding carboxylic acids is 1. The maximum atomic E-state index is 12.5. The number of unbranched alkanes of at least 4 members (excludes halogenated alkanes) is 2. The van der Waals surface area contributed by atoms with Crippen LogP contribution in [0.3, 0.4) is 0 Å². The van der Waals surface area contributed by atoms with Crippen molar-refractivity contribution in [2.75, 3.05) is 5.32 Å². The van der Waals surface area contributed by atoms with E-state index in [0.717, 1.165) is 30.7 Å². The summed E-state index contributed by atoms with van der Waals surface area (Å²) in [6.45, 7) is 5.61. The number of rotatable bonds is 9. The predicted molar refractivity (Wildman–Crippen MR) is 102 cm³/mol. The first-order valence-corrected chi connectivity index (χ1v) is 10.8. The molecule has 1 amide bonds. The monoisotopic (exact) mass is 399 g/mol. The second-order valence-electron chi connectivity index (χ2n) is 6.36. The third-order valence-corrected chi connectivity index (χ3v) is 6.12. The summed E-state index contributed by atoms with van der Waals surface area (Å²) in [4.78, 5) is 12.5. The molecular weight excluding hydrogens is 374 g/mol. The number of nitrogens with zero attached hydrogens (tertiary/aromatic N) is 3. The smallest absolute Gasteiger partial charge is 0.274 e. The first kappa shape index (κ1) is 20.5. The first-order valence-electron chi connectivity index (χ1n) is 8.55. The van der Waals surface area contributed by atoms with Crippen LogP contribution in [0.1, 0.15) is 55.5 Å². The molecule has 0 spiro atoms. The Labute approximate surface area is 158 Å². The van der Waals surface area contributed by atoms with Crippen molar-refractivity contribution in [3.8, 4) is 0 Å². The second kappa shape index (κ2) is 8.74. The quantitative estimate of drug-likeness (QED) is 0.630. The number of amides is 1. The van der Waals surface area contributed by atoms with E-state index >= 15 is 0 Å². The van der Waals surface area contributed by atoms with Crippen LogP contribution in [-0.4, -0.2) is 35.1 Å². The Kier molecular flexibility index (Phi) is 6.90. The van der Waals surface area contributed by atoms with E-state index in [9.17, 15) is 13.2 Å². The Morgan fingerprint density at radius 3 is 2.69 bits per heavy atom. The average Bonchev–Trinajstić information content (AvgIpc) is 3.13. The van der Waals surface area contributed by atoms with Gasteiger partial charge in [0.2, 0.25) is 15.2 Å². The lowest BCUT2D eigenvalue weighted by Crippen LogP contribution is -2.29. The molecule has 144 valence electrons. The molecule has 0 saturated carbocycles. The highest BCUT2D eigenvalue weighted by Crippen LogP contribution is 2.20. The summed E-state index contributed by atoms with van der Waals surface area (Å²) in [5, 5.41) is 12.0. The number of hydrogen-bond acceptors (Lipinski definition) is 6. The minimum atomic E-state index is -3.65. The van der Waals surface area contributed by atoms with Gasteiger partial charge in [0.05, 0.1) is 0 Å². The third kappa shape index (κ3) is 5.36. The summed E-state index contributed by atoms with van der Waals surface area (Å²) in [6.07, 6.45) is 5.56. The number of aromatic nitrogens is 3. The molecule has 26 heavy (non-hydrogen) atoms. The van der Waals surface area contributed by atoms with Gasteiger partial charge in [-0.25, -0.2) is 13.1 Å². The highest BCUT2D eigenvalue weighted by Gasteiger charge is 2.22. The fourth-order valence-corrected chi connectivity index (χ4v) is 4.47. The molecule has 8 nitrogen and oxygen atoms in total. The van der Waals surface area contributed by atoms with Crippen molar-refractivity contribution in [2.45, 2.75) is 57.4 Å². The Morgan fingerprint density at radius 2 is 2.04 bits per heavy atom. The molecule has 0 aliphatic carbocycles. The van der Waals surface area contributed by atoms with Gasteiger partial charge in [-0.05, 0) is 26.3 Å². The van der Waals surface area contributed by atoms with E-state index in [1.165, 1.54) is 28.2 Å². The van der Waals surface area contributed by atoms with Crippen LogP contribution in [0.2, 0.25) is 0 Å². The van der Waals surface area contributed by atoms with Gasteiger partial charge >= 0.3 is 0 Å². The van der Waals surface area contributed by atoms with E-state index in [4.69, 9.17) is 0 Å². The van der Waals surface area contributed by atoms with Crippen LogP contribution in [0.5, 0.6) is 0 Å². The molecular formula is C16H25N5O3S2. The molecule has 2 heterocycles. The highest BCUT2D eigenvalue weighted by molar-refractivity contribution is 7.89. The van der Waals surface area contributed by atoms with Crippen molar-refractivity contribution in [2.24, 2.45) is 7.05 Å². The summed E-state index contributed by atoms with van der Waals surface area (Å²) < 4.78 is 28.5. The fraction of sp³-hybridized carbons (Fsp3) is 0.562. The number of aryl methyl sites for hydroxylation is 2. The number of sulfonamides is 1. The van der Waals surface area contributed by atoms with Crippen LogP contribution >= 0.6 is 11.3 Å². The molecule has 0 bridgehead atoms. The molecule has 2 aromatic rings. The Balaban J connectivity index is 2.08. The standard InChI is InChI=1S/C16H25N5O3S2/c1-5-6-7-8-14-18-19-16(25-14)17-15(22)13-9-12(10-21(13)4)26(23,24)20-11(2)3/h9-11,20H,5-8H2,1-4H3,(H,17,19,22). The van der Waals surface area contributed by atoms with Gasteiger partial charge in [0.25, 0.3) is 5.91 Å². The lowest BCUT2D eigenvalue weighted by atomic mass is 10.2. The summed E-state index contributed by atoms with van der Waals surface area (Å²) >= 11 is 1.34. The van der Waals surface area contributed by atoms with E-state index < -0.39 is 15.9 Å². The second-order valence-corrected chi connectivity index (χ2v) is 9.14. The zero-order valence-corrected chi connectivity index (χ0v) is 17.1. The summed E-state index contributed by atoms with van der Waals surface area (Å²) in [5.41, 5.74) is 0.233. The molecule has 0 atom stereocenters. The zero-order chi connectivity index (χ0) is 19.3. The summed E-state index contributed by atoms with van der Waals surface area (Å²) in [5.74, 6) is -0.422. The van der Waals surface area contributed by atoms with Gasteiger partial charge in [-0.3, -0.25) is 10.1 Å². The van der Waals surface area contributed by atoms with Crippen LogP contribution in [-0.2, 0) is 23.5 Å². The molecule has 0 fully saturated rings. The molecule has 2 N–H and O–H groups in total. The van der Waals surface area contributed by atoms with Crippen molar-refractivity contribution < 1.29 is 13.2 Å². The maximum absolute atomic E-state index is 12.5. The van der Waals surface area contributed by atoms with E-state index in [1.54, 1.807) is 20.9 Å². The predicted octanol–water partition coefficient (Wildman–Crippen LogP) is 2.55. The Morgan fingerprint density at radius 1 is 1.31 bits per heavy atom. The van der Waals surface area contributed by atoms with Gasteiger partial charge in [0.15, 0.2) is 0 Å². The van der Waals surface area contributed by atoms with Crippen LogP contribution in [0, 0.1) is 0 Å². The van der Waals surface area contributed by atoms with Crippen molar-refractivity contribution in [3.05, 3.63) is 23.0 Å². The van der Waals surface area contributed by atoms with Crippen molar-refractivity contribution in [1.29, 1.82) is 0 Å². The molecule has 0 aromatic carbocycles. The number of nitrogens with one attached hydrogen (secondary N) is 2. The van der Waals surface area contributed by atoms with Gasteiger partial charge in [-0.15, -0.1) is 10.2 Å². The van der Waals surface area contributed by atoms with E-state index in [0.29, 0.717) is 5.13 Å². The minimum Gasteiger partial charge on any atom is -0.345 e. The molecule has 2 rings (SSSR count). The Hall–Kier alpha value is -1.78. The lowest BCUT2D eigenvalue weighted by molar-refractivity contribution is 0.101. The SMILES string of the molecule is CCCCCc1nnc(NC(=O)c2cc(S(=O)(=O)NC(C)C)cn2C)s1. The average molecular weight is 400 g/mol. The fourth-order valence-electron chi connectivity index (χ4n) is 2.38. The van der Waals surface area contributed by atoms with Crippen molar-refractivity contribution in [1.82, 2.24) is 19.5 Å². The molecule has 0 aliphatic rings. The normalized spacial score (nSPS) is 11.9. The zero-order valence-electron chi connectivity index (χ0n) is 15.4. The van der Waals surface area contributed by atoms with Gasteiger partial charge < -0.3 is 4.57 Å². The largest absolute Gasteiger partial charge is 0.345 e. The first-order chi connectivity index (χ1) is 12.2. The van der Waals surface area contributed by atoms with Crippen LogP contribution in [0.15, 0.2) is 17.2 Å². The molecule has 0 saturated heterocycles.